The Labute approximate surface area is 174 Å². The maximum Gasteiger partial charge on any atom is 0.335 e. The van der Waals surface area contributed by atoms with Crippen molar-refractivity contribution < 1.29 is 23.1 Å². The highest BCUT2D eigenvalue weighted by atomic mass is 35.5. The van der Waals surface area contributed by atoms with Gasteiger partial charge in [-0.2, -0.15) is 4.31 Å². The molecule has 0 aliphatic carbocycles. The van der Waals surface area contributed by atoms with E-state index in [4.69, 9.17) is 16.7 Å². The Hall–Kier alpha value is -2.42. The van der Waals surface area contributed by atoms with Crippen LogP contribution in [0, 0.1) is 5.92 Å². The van der Waals surface area contributed by atoms with Crippen LogP contribution in [0.2, 0.25) is 5.02 Å². The van der Waals surface area contributed by atoms with Crippen LogP contribution in [0.4, 0.5) is 5.69 Å². The highest BCUT2D eigenvalue weighted by molar-refractivity contribution is 7.89. The second-order valence-corrected chi connectivity index (χ2v) is 9.41. The minimum Gasteiger partial charge on any atom is -0.478 e. The van der Waals surface area contributed by atoms with Crippen LogP contribution in [0.15, 0.2) is 47.4 Å². The Balaban J connectivity index is 1.86. The zero-order valence-corrected chi connectivity index (χ0v) is 17.3. The SMILES string of the molecule is CC1CCN(S(=O)(=O)c2ccc(Cl)c(C(=O)Nc3cccc(C(=O)O)c3)c2)CC1. The van der Waals surface area contributed by atoms with Gasteiger partial charge in [-0.15, -0.1) is 0 Å². The Bertz CT molecular complexity index is 1050. The van der Waals surface area contributed by atoms with E-state index in [1.807, 2.05) is 0 Å². The monoisotopic (exact) mass is 436 g/mol. The number of rotatable bonds is 5. The molecule has 0 bridgehead atoms. The summed E-state index contributed by atoms with van der Waals surface area (Å²) in [6.07, 6.45) is 1.58. The Kier molecular flexibility index (Phi) is 6.26. The molecule has 2 aromatic carbocycles. The van der Waals surface area contributed by atoms with Crippen LogP contribution in [0.25, 0.3) is 0 Å². The summed E-state index contributed by atoms with van der Waals surface area (Å²) in [6, 6.07) is 9.77. The van der Waals surface area contributed by atoms with Gasteiger partial charge in [-0.3, -0.25) is 4.79 Å². The number of carboxylic acids is 1. The first-order valence-corrected chi connectivity index (χ1v) is 10.9. The lowest BCUT2D eigenvalue weighted by Gasteiger charge is -2.29. The number of nitrogens with one attached hydrogen (secondary N) is 1. The zero-order valence-electron chi connectivity index (χ0n) is 15.8. The van der Waals surface area contributed by atoms with Crippen LogP contribution in [0.5, 0.6) is 0 Å². The van der Waals surface area contributed by atoms with Gasteiger partial charge in [-0.25, -0.2) is 13.2 Å². The number of halogens is 1. The highest BCUT2D eigenvalue weighted by Gasteiger charge is 2.29. The number of carbonyl (C=O) groups excluding carboxylic acids is 1. The topological polar surface area (TPSA) is 104 Å². The van der Waals surface area contributed by atoms with Crippen molar-refractivity contribution >= 4 is 39.2 Å². The standard InChI is InChI=1S/C20H21ClN2O5S/c1-13-7-9-23(10-8-13)29(27,28)16-5-6-18(21)17(12-16)19(24)22-15-4-2-3-14(11-15)20(25)26/h2-6,11-13H,7-10H2,1H3,(H,22,24)(H,25,26). The van der Waals surface area contributed by atoms with Crippen molar-refractivity contribution in [3.8, 4) is 0 Å². The van der Waals surface area contributed by atoms with Gasteiger partial charge in [0.1, 0.15) is 0 Å². The molecule has 0 spiro atoms. The van der Waals surface area contributed by atoms with Crippen LogP contribution in [-0.4, -0.2) is 42.8 Å². The van der Waals surface area contributed by atoms with E-state index in [9.17, 15) is 18.0 Å². The van der Waals surface area contributed by atoms with Crippen molar-refractivity contribution in [3.05, 3.63) is 58.6 Å². The average molecular weight is 437 g/mol. The second kappa shape index (κ2) is 8.52. The molecule has 1 fully saturated rings. The number of anilines is 1. The first kappa shape index (κ1) is 21.3. The van der Waals surface area contributed by atoms with Gasteiger partial charge in [-0.05, 0) is 55.2 Å². The van der Waals surface area contributed by atoms with Gasteiger partial charge in [0, 0.05) is 18.8 Å². The van der Waals surface area contributed by atoms with Gasteiger partial charge in [-0.1, -0.05) is 24.6 Å². The van der Waals surface area contributed by atoms with Gasteiger partial charge in [0.05, 0.1) is 21.0 Å². The number of nitrogens with zero attached hydrogens (tertiary/aromatic N) is 1. The summed E-state index contributed by atoms with van der Waals surface area (Å²) in [6.45, 7) is 2.97. The highest BCUT2D eigenvalue weighted by Crippen LogP contribution is 2.27. The largest absolute Gasteiger partial charge is 0.478 e. The molecule has 0 radical (unpaired) electrons. The van der Waals surface area contributed by atoms with Crippen LogP contribution in [-0.2, 0) is 10.0 Å². The van der Waals surface area contributed by atoms with Crippen molar-refractivity contribution in [1.29, 1.82) is 0 Å². The first-order valence-electron chi connectivity index (χ1n) is 9.13. The van der Waals surface area contributed by atoms with Gasteiger partial charge in [0.15, 0.2) is 0 Å². The van der Waals surface area contributed by atoms with E-state index < -0.39 is 21.9 Å². The lowest BCUT2D eigenvalue weighted by molar-refractivity contribution is 0.0696. The summed E-state index contributed by atoms with van der Waals surface area (Å²) in [5.41, 5.74) is 0.285. The van der Waals surface area contributed by atoms with Crippen LogP contribution in [0.3, 0.4) is 0 Å². The molecule has 1 saturated heterocycles. The van der Waals surface area contributed by atoms with Gasteiger partial charge in [0.25, 0.3) is 5.91 Å². The molecule has 9 heteroatoms. The molecule has 0 saturated carbocycles. The molecule has 2 N–H and O–H groups in total. The number of sulfonamides is 1. The molecule has 3 rings (SSSR count). The molecule has 1 aliphatic heterocycles. The molecule has 7 nitrogen and oxygen atoms in total. The predicted molar refractivity (Wildman–Crippen MR) is 110 cm³/mol. The van der Waals surface area contributed by atoms with E-state index in [2.05, 4.69) is 12.2 Å². The van der Waals surface area contributed by atoms with Gasteiger partial charge < -0.3 is 10.4 Å². The van der Waals surface area contributed by atoms with Crippen molar-refractivity contribution in [1.82, 2.24) is 4.31 Å². The maximum atomic E-state index is 12.9. The van der Waals surface area contributed by atoms with Crippen molar-refractivity contribution in [3.63, 3.8) is 0 Å². The summed E-state index contributed by atoms with van der Waals surface area (Å²) < 4.78 is 27.3. The Morgan fingerprint density at radius 1 is 1.14 bits per heavy atom. The molecule has 1 aliphatic rings. The van der Waals surface area contributed by atoms with Crippen LogP contribution in [0.1, 0.15) is 40.5 Å². The zero-order chi connectivity index (χ0) is 21.2. The molecule has 1 heterocycles. The Morgan fingerprint density at radius 3 is 2.48 bits per heavy atom. The van der Waals surface area contributed by atoms with E-state index in [1.54, 1.807) is 0 Å². The Morgan fingerprint density at radius 2 is 1.83 bits per heavy atom. The number of hydrogen-bond donors (Lipinski definition) is 2. The fourth-order valence-electron chi connectivity index (χ4n) is 3.14. The molecule has 0 unspecified atom stereocenters. The lowest BCUT2D eigenvalue weighted by atomic mass is 10.0. The van der Waals surface area contributed by atoms with E-state index in [1.165, 1.54) is 46.8 Å². The normalized spacial score (nSPS) is 15.8. The fraction of sp³-hybridized carbons (Fsp3) is 0.300. The average Bonchev–Trinajstić information content (AvgIpc) is 2.68. The van der Waals surface area contributed by atoms with Gasteiger partial charge >= 0.3 is 5.97 Å². The molecular weight excluding hydrogens is 416 g/mol. The number of carboxylic acid groups (broad SMARTS) is 1. The minimum atomic E-state index is -3.73. The van der Waals surface area contributed by atoms with Crippen molar-refractivity contribution in [2.24, 2.45) is 5.92 Å². The predicted octanol–water partition coefficient (Wildman–Crippen LogP) is 3.71. The first-order chi connectivity index (χ1) is 13.7. The van der Waals surface area contributed by atoms with Crippen molar-refractivity contribution in [2.75, 3.05) is 18.4 Å². The minimum absolute atomic E-state index is 0.000824. The quantitative estimate of drug-likeness (QED) is 0.743. The third-order valence-corrected chi connectivity index (χ3v) is 7.15. The summed E-state index contributed by atoms with van der Waals surface area (Å²) >= 11 is 6.13. The lowest BCUT2D eigenvalue weighted by Crippen LogP contribution is -2.37. The van der Waals surface area contributed by atoms with E-state index in [-0.39, 0.29) is 26.7 Å². The smallest absolute Gasteiger partial charge is 0.335 e. The fourth-order valence-corrected chi connectivity index (χ4v) is 4.84. The van der Waals surface area contributed by atoms with Gasteiger partial charge in [0.2, 0.25) is 10.0 Å². The summed E-state index contributed by atoms with van der Waals surface area (Å²) in [5, 5.41) is 11.7. The summed E-state index contributed by atoms with van der Waals surface area (Å²) in [5.74, 6) is -1.26. The van der Waals surface area contributed by atoms with E-state index in [0.717, 1.165) is 12.8 Å². The van der Waals surface area contributed by atoms with Crippen LogP contribution >= 0.6 is 11.6 Å². The summed E-state index contributed by atoms with van der Waals surface area (Å²) in [4.78, 5) is 23.7. The number of aromatic carboxylic acids is 1. The van der Waals surface area contributed by atoms with Crippen molar-refractivity contribution in [2.45, 2.75) is 24.7 Å². The third kappa shape index (κ3) is 4.77. The third-order valence-electron chi connectivity index (χ3n) is 4.93. The molecule has 29 heavy (non-hydrogen) atoms. The molecule has 2 aromatic rings. The number of amides is 1. The number of benzene rings is 2. The van der Waals surface area contributed by atoms with E-state index in [0.29, 0.717) is 19.0 Å². The maximum absolute atomic E-state index is 12.9. The summed E-state index contributed by atoms with van der Waals surface area (Å²) in [7, 11) is -3.73. The number of piperidine rings is 1. The number of carbonyl (C=O) groups is 2. The molecule has 0 atom stereocenters. The molecular formula is C20H21ClN2O5S. The molecule has 154 valence electrons. The van der Waals surface area contributed by atoms with E-state index >= 15 is 0 Å². The number of hydrogen-bond acceptors (Lipinski definition) is 4. The molecule has 0 aromatic heterocycles. The second-order valence-electron chi connectivity index (χ2n) is 7.07. The molecule has 1 amide bonds. The van der Waals surface area contributed by atoms with Crippen LogP contribution < -0.4 is 5.32 Å².